The van der Waals surface area contributed by atoms with E-state index in [9.17, 15) is 9.18 Å². The molecule has 0 fully saturated rings. The van der Waals surface area contributed by atoms with Gasteiger partial charge in [-0.05, 0) is 6.07 Å². The third-order valence-electron chi connectivity index (χ3n) is 1.48. The van der Waals surface area contributed by atoms with Crippen molar-refractivity contribution in [3.63, 3.8) is 0 Å². The van der Waals surface area contributed by atoms with Crippen LogP contribution in [0, 0.1) is 5.82 Å². The Bertz CT molecular complexity index is 352. The van der Waals surface area contributed by atoms with Crippen LogP contribution in [0.3, 0.4) is 0 Å². The van der Waals surface area contributed by atoms with Crippen LogP contribution in [0.5, 0.6) is 5.75 Å². The summed E-state index contributed by atoms with van der Waals surface area (Å²) in [7, 11) is 1.32. The van der Waals surface area contributed by atoms with Gasteiger partial charge in [-0.15, -0.1) is 0 Å². The van der Waals surface area contributed by atoms with Gasteiger partial charge in [-0.2, -0.15) is 0 Å². The summed E-state index contributed by atoms with van der Waals surface area (Å²) in [6.45, 7) is 0. The maximum absolute atomic E-state index is 12.9. The van der Waals surface area contributed by atoms with Crippen LogP contribution in [-0.4, -0.2) is 13.4 Å². The first kappa shape index (κ1) is 10.3. The Morgan fingerprint density at radius 2 is 2.08 bits per heavy atom. The summed E-state index contributed by atoms with van der Waals surface area (Å²) in [5.41, 5.74) is 0.0365. The van der Waals surface area contributed by atoms with Gasteiger partial charge in [0.1, 0.15) is 16.6 Å². The zero-order valence-electron chi connectivity index (χ0n) is 6.61. The molecule has 0 spiro atoms. The minimum Gasteiger partial charge on any atom is -0.494 e. The quantitative estimate of drug-likeness (QED) is 0.569. The van der Waals surface area contributed by atoms with Crippen molar-refractivity contribution in [2.75, 3.05) is 7.11 Å². The van der Waals surface area contributed by atoms with Crippen LogP contribution in [0.4, 0.5) is 4.39 Å². The predicted molar refractivity (Wildman–Crippen MR) is 48.4 cm³/mol. The molecule has 5 heteroatoms. The lowest BCUT2D eigenvalue weighted by Crippen LogP contribution is -1.94. The molecule has 0 aliphatic rings. The summed E-state index contributed by atoms with van der Waals surface area (Å²) < 4.78 is 17.7. The third kappa shape index (κ3) is 1.76. The molecule has 1 aromatic rings. The molecule has 70 valence electrons. The maximum atomic E-state index is 12.9. The Kier molecular flexibility index (Phi) is 3.12. The summed E-state index contributed by atoms with van der Waals surface area (Å²) in [5.74, 6) is -0.655. The summed E-state index contributed by atoms with van der Waals surface area (Å²) in [6.07, 6.45) is 0.449. The van der Waals surface area contributed by atoms with E-state index in [4.69, 9.17) is 27.9 Å². The number of hydrogen-bond donors (Lipinski definition) is 0. The molecule has 0 amide bonds. The van der Waals surface area contributed by atoms with Crippen LogP contribution in [0.25, 0.3) is 0 Å². The molecule has 0 aromatic heterocycles. The number of benzene rings is 1. The molecular weight excluding hydrogens is 218 g/mol. The zero-order chi connectivity index (χ0) is 10.0. The molecule has 13 heavy (non-hydrogen) atoms. The Hall–Kier alpha value is -0.800. The van der Waals surface area contributed by atoms with Crippen LogP contribution >= 0.6 is 23.2 Å². The van der Waals surface area contributed by atoms with Crippen molar-refractivity contribution in [3.8, 4) is 5.75 Å². The van der Waals surface area contributed by atoms with Gasteiger partial charge in [-0.3, -0.25) is 4.79 Å². The SMILES string of the molecule is COc1c(C=O)cc(F)c(Cl)c1Cl. The first-order valence-corrected chi connectivity index (χ1v) is 4.04. The number of carbonyl (C=O) groups excluding carboxylic acids is 1. The fourth-order valence-corrected chi connectivity index (χ4v) is 1.31. The zero-order valence-corrected chi connectivity index (χ0v) is 8.12. The summed E-state index contributed by atoms with van der Waals surface area (Å²) in [4.78, 5) is 10.5. The van der Waals surface area contributed by atoms with Gasteiger partial charge in [0.2, 0.25) is 0 Å². The van der Waals surface area contributed by atoms with Gasteiger partial charge in [0.15, 0.2) is 6.29 Å². The lowest BCUT2D eigenvalue weighted by molar-refractivity contribution is 0.112. The maximum Gasteiger partial charge on any atom is 0.153 e. The average molecular weight is 223 g/mol. The molecule has 0 aliphatic heterocycles. The third-order valence-corrected chi connectivity index (χ3v) is 2.30. The van der Waals surface area contributed by atoms with Crippen LogP contribution in [0.15, 0.2) is 6.07 Å². The highest BCUT2D eigenvalue weighted by atomic mass is 35.5. The van der Waals surface area contributed by atoms with E-state index < -0.39 is 5.82 Å². The van der Waals surface area contributed by atoms with E-state index in [2.05, 4.69) is 0 Å². The van der Waals surface area contributed by atoms with Gasteiger partial charge in [0.25, 0.3) is 0 Å². The molecule has 2 nitrogen and oxygen atoms in total. The van der Waals surface area contributed by atoms with Gasteiger partial charge in [-0.1, -0.05) is 23.2 Å². The van der Waals surface area contributed by atoms with Crippen LogP contribution in [0.2, 0.25) is 10.0 Å². The van der Waals surface area contributed by atoms with E-state index in [1.807, 2.05) is 0 Å². The van der Waals surface area contributed by atoms with Crippen molar-refractivity contribution in [3.05, 3.63) is 27.5 Å². The monoisotopic (exact) mass is 222 g/mol. The largest absolute Gasteiger partial charge is 0.494 e. The predicted octanol–water partition coefficient (Wildman–Crippen LogP) is 2.95. The first-order valence-electron chi connectivity index (χ1n) is 3.28. The number of halogens is 3. The fourth-order valence-electron chi connectivity index (χ4n) is 0.892. The van der Waals surface area contributed by atoms with Crippen molar-refractivity contribution in [2.24, 2.45) is 0 Å². The summed E-state index contributed by atoms with van der Waals surface area (Å²) >= 11 is 11.1. The van der Waals surface area contributed by atoms with Gasteiger partial charge < -0.3 is 4.74 Å². The van der Waals surface area contributed by atoms with Crippen LogP contribution in [-0.2, 0) is 0 Å². The van der Waals surface area contributed by atoms with E-state index >= 15 is 0 Å². The van der Waals surface area contributed by atoms with Crippen molar-refractivity contribution < 1.29 is 13.9 Å². The number of aldehydes is 1. The second-order valence-corrected chi connectivity index (χ2v) is 2.98. The number of rotatable bonds is 2. The summed E-state index contributed by atoms with van der Waals surface area (Å²) in [6, 6.07) is 0.972. The Morgan fingerprint density at radius 1 is 1.46 bits per heavy atom. The lowest BCUT2D eigenvalue weighted by atomic mass is 10.2. The minimum absolute atomic E-state index is 0.0365. The molecule has 0 atom stereocenters. The number of ether oxygens (including phenoxy) is 1. The summed E-state index contributed by atoms with van der Waals surface area (Å²) in [5, 5.41) is -0.338. The van der Waals surface area contributed by atoms with E-state index in [1.54, 1.807) is 0 Å². The highest BCUT2D eigenvalue weighted by Gasteiger charge is 2.15. The number of hydrogen-bond acceptors (Lipinski definition) is 2. The first-order chi connectivity index (χ1) is 6.11. The van der Waals surface area contributed by atoms with Gasteiger partial charge in [0, 0.05) is 0 Å². The standard InChI is InChI=1S/C8H5Cl2FO2/c1-13-8-4(3-12)2-5(11)6(9)7(8)10/h2-3H,1H3. The van der Waals surface area contributed by atoms with Gasteiger partial charge in [0.05, 0.1) is 17.7 Å². The topological polar surface area (TPSA) is 26.3 Å². The van der Waals surface area contributed by atoms with Gasteiger partial charge >= 0.3 is 0 Å². The average Bonchev–Trinajstić information content (AvgIpc) is 2.13. The van der Waals surface area contributed by atoms with E-state index in [1.165, 1.54) is 7.11 Å². The van der Waals surface area contributed by atoms with E-state index in [0.717, 1.165) is 6.07 Å². The van der Waals surface area contributed by atoms with E-state index in [-0.39, 0.29) is 21.4 Å². The molecule has 0 aliphatic carbocycles. The van der Waals surface area contributed by atoms with Crippen molar-refractivity contribution >= 4 is 29.5 Å². The van der Waals surface area contributed by atoms with Crippen molar-refractivity contribution in [1.29, 1.82) is 0 Å². The molecule has 0 saturated carbocycles. The number of methoxy groups -OCH3 is 1. The molecule has 0 bridgehead atoms. The Balaban J connectivity index is 3.47. The van der Waals surface area contributed by atoms with Crippen molar-refractivity contribution in [1.82, 2.24) is 0 Å². The normalized spacial score (nSPS) is 9.85. The highest BCUT2D eigenvalue weighted by molar-refractivity contribution is 6.43. The molecule has 0 radical (unpaired) electrons. The highest BCUT2D eigenvalue weighted by Crippen LogP contribution is 2.36. The Morgan fingerprint density at radius 3 is 2.54 bits per heavy atom. The minimum atomic E-state index is -0.741. The lowest BCUT2D eigenvalue weighted by Gasteiger charge is -2.07. The molecule has 1 rings (SSSR count). The fraction of sp³-hybridized carbons (Fsp3) is 0.125. The van der Waals surface area contributed by atoms with Crippen LogP contribution < -0.4 is 4.74 Å². The number of carbonyl (C=O) groups is 1. The van der Waals surface area contributed by atoms with Gasteiger partial charge in [-0.25, -0.2) is 4.39 Å². The molecule has 0 N–H and O–H groups in total. The van der Waals surface area contributed by atoms with Crippen LogP contribution in [0.1, 0.15) is 10.4 Å². The molecule has 0 heterocycles. The Labute approximate surface area is 84.2 Å². The smallest absolute Gasteiger partial charge is 0.153 e. The second kappa shape index (κ2) is 3.94. The van der Waals surface area contributed by atoms with E-state index in [0.29, 0.717) is 6.29 Å². The van der Waals surface area contributed by atoms with Crippen molar-refractivity contribution in [2.45, 2.75) is 0 Å². The molecule has 1 aromatic carbocycles. The molecule has 0 saturated heterocycles. The second-order valence-electron chi connectivity index (χ2n) is 2.23. The molecular formula is C8H5Cl2FO2. The molecule has 0 unspecified atom stereocenters.